The number of carbonyl (C=O) groups excluding carboxylic acids is 2. The van der Waals surface area contributed by atoms with Gasteiger partial charge in [0, 0.05) is 18.7 Å². The smallest absolute Gasteiger partial charge is 0.245 e. The molecule has 7 heteroatoms. The van der Waals surface area contributed by atoms with Crippen molar-refractivity contribution in [3.05, 3.63) is 54.1 Å². The maximum atomic E-state index is 12.4. The van der Waals surface area contributed by atoms with Crippen LogP contribution in [0.3, 0.4) is 0 Å². The predicted molar refractivity (Wildman–Crippen MR) is 111 cm³/mol. The van der Waals surface area contributed by atoms with Gasteiger partial charge in [0.15, 0.2) is 0 Å². The van der Waals surface area contributed by atoms with E-state index in [0.29, 0.717) is 19.8 Å². The number of nitrogens with zero attached hydrogens (tertiary/aromatic N) is 2. The lowest BCUT2D eigenvalue weighted by Gasteiger charge is -2.17. The Balaban J connectivity index is 1.54. The molecule has 0 aromatic heterocycles. The molecule has 0 spiro atoms. The van der Waals surface area contributed by atoms with Gasteiger partial charge in [0.2, 0.25) is 11.8 Å². The molecule has 1 atom stereocenters. The minimum Gasteiger partial charge on any atom is -0.494 e. The van der Waals surface area contributed by atoms with E-state index in [9.17, 15) is 9.59 Å². The molecule has 29 heavy (non-hydrogen) atoms. The standard InChI is InChI=1S/C22H25N3O4/c1-3-28-19-9-5-16(6-10-19)14-23-24-22(27)17-13-21(26)25(15-17)18-7-11-20(12-8-18)29-4-2/h5-12,14,17H,3-4,13,15H2,1-2H3,(H,24,27)/b23-14-/t17-/m0/s1. The van der Waals surface area contributed by atoms with Crippen molar-refractivity contribution in [3.8, 4) is 11.5 Å². The molecule has 0 radical (unpaired) electrons. The monoisotopic (exact) mass is 395 g/mol. The van der Waals surface area contributed by atoms with Crippen LogP contribution in [0, 0.1) is 5.92 Å². The van der Waals surface area contributed by atoms with Gasteiger partial charge in [-0.15, -0.1) is 0 Å². The number of benzene rings is 2. The third-order valence-electron chi connectivity index (χ3n) is 4.53. The summed E-state index contributed by atoms with van der Waals surface area (Å²) in [5.41, 5.74) is 4.13. The molecule has 0 unspecified atom stereocenters. The highest BCUT2D eigenvalue weighted by atomic mass is 16.5. The number of anilines is 1. The quantitative estimate of drug-likeness (QED) is 0.550. The fourth-order valence-electron chi connectivity index (χ4n) is 3.10. The van der Waals surface area contributed by atoms with Gasteiger partial charge >= 0.3 is 0 Å². The van der Waals surface area contributed by atoms with E-state index in [2.05, 4.69) is 10.5 Å². The fraction of sp³-hybridized carbons (Fsp3) is 0.318. The first-order chi connectivity index (χ1) is 14.1. The summed E-state index contributed by atoms with van der Waals surface area (Å²) in [7, 11) is 0. The molecular weight excluding hydrogens is 370 g/mol. The lowest BCUT2D eigenvalue weighted by atomic mass is 10.1. The van der Waals surface area contributed by atoms with Crippen LogP contribution in [-0.4, -0.2) is 37.8 Å². The van der Waals surface area contributed by atoms with Crippen LogP contribution >= 0.6 is 0 Å². The van der Waals surface area contributed by atoms with E-state index in [1.165, 1.54) is 0 Å². The van der Waals surface area contributed by atoms with Crippen molar-refractivity contribution in [1.29, 1.82) is 0 Å². The van der Waals surface area contributed by atoms with Crippen molar-refractivity contribution >= 4 is 23.7 Å². The molecule has 152 valence electrons. The van der Waals surface area contributed by atoms with E-state index in [4.69, 9.17) is 9.47 Å². The zero-order valence-corrected chi connectivity index (χ0v) is 16.6. The topological polar surface area (TPSA) is 80.2 Å². The molecule has 0 bridgehead atoms. The molecule has 1 fully saturated rings. The highest BCUT2D eigenvalue weighted by Crippen LogP contribution is 2.27. The van der Waals surface area contributed by atoms with Crippen LogP contribution in [0.15, 0.2) is 53.6 Å². The molecule has 7 nitrogen and oxygen atoms in total. The van der Waals surface area contributed by atoms with Crippen LogP contribution in [0.1, 0.15) is 25.8 Å². The predicted octanol–water partition coefficient (Wildman–Crippen LogP) is 2.99. The van der Waals surface area contributed by atoms with Crippen molar-refractivity contribution in [1.82, 2.24) is 5.43 Å². The van der Waals surface area contributed by atoms with Crippen LogP contribution in [-0.2, 0) is 9.59 Å². The summed E-state index contributed by atoms with van der Waals surface area (Å²) in [5.74, 6) is 0.749. The fourth-order valence-corrected chi connectivity index (χ4v) is 3.10. The molecule has 1 heterocycles. The molecule has 0 saturated carbocycles. The third kappa shape index (κ3) is 5.34. The third-order valence-corrected chi connectivity index (χ3v) is 4.53. The Labute approximate surface area is 170 Å². The minimum absolute atomic E-state index is 0.0789. The number of hydrazone groups is 1. The van der Waals surface area contributed by atoms with Crippen LogP contribution in [0.25, 0.3) is 0 Å². The van der Waals surface area contributed by atoms with Gasteiger partial charge < -0.3 is 14.4 Å². The lowest BCUT2D eigenvalue weighted by Crippen LogP contribution is -2.30. The second-order valence-electron chi connectivity index (χ2n) is 6.57. The molecular formula is C22H25N3O4. The Bertz CT molecular complexity index is 863. The Kier molecular flexibility index (Phi) is 6.84. The summed E-state index contributed by atoms with van der Waals surface area (Å²) in [6.07, 6.45) is 1.73. The molecule has 0 aliphatic carbocycles. The Hall–Kier alpha value is -3.35. The Morgan fingerprint density at radius 2 is 1.66 bits per heavy atom. The van der Waals surface area contributed by atoms with Crippen LogP contribution in [0.2, 0.25) is 0 Å². The minimum atomic E-state index is -0.438. The van der Waals surface area contributed by atoms with E-state index in [1.807, 2.05) is 62.4 Å². The van der Waals surface area contributed by atoms with E-state index in [1.54, 1.807) is 11.1 Å². The normalized spacial score (nSPS) is 16.3. The summed E-state index contributed by atoms with van der Waals surface area (Å²) in [6, 6.07) is 14.7. The average molecular weight is 395 g/mol. The van der Waals surface area contributed by atoms with Gasteiger partial charge in [-0.1, -0.05) is 0 Å². The molecule has 2 aromatic carbocycles. The van der Waals surface area contributed by atoms with E-state index in [0.717, 1.165) is 22.7 Å². The zero-order chi connectivity index (χ0) is 20.6. The lowest BCUT2D eigenvalue weighted by molar-refractivity contribution is -0.126. The van der Waals surface area contributed by atoms with E-state index >= 15 is 0 Å². The Morgan fingerprint density at radius 3 is 2.24 bits per heavy atom. The summed E-state index contributed by atoms with van der Waals surface area (Å²) >= 11 is 0. The van der Waals surface area contributed by atoms with E-state index < -0.39 is 5.92 Å². The summed E-state index contributed by atoms with van der Waals surface area (Å²) in [5, 5.41) is 4.00. The van der Waals surface area contributed by atoms with Gasteiger partial charge in [0.05, 0.1) is 25.3 Å². The summed E-state index contributed by atoms with van der Waals surface area (Å²) in [6.45, 7) is 5.37. The molecule has 2 aromatic rings. The number of carbonyl (C=O) groups is 2. The Morgan fingerprint density at radius 1 is 1.07 bits per heavy atom. The first kappa shape index (κ1) is 20.4. The first-order valence-corrected chi connectivity index (χ1v) is 9.69. The molecule has 1 aliphatic rings. The molecule has 1 N–H and O–H groups in total. The second-order valence-corrected chi connectivity index (χ2v) is 6.57. The van der Waals surface area contributed by atoms with Gasteiger partial charge in [-0.2, -0.15) is 5.10 Å². The highest BCUT2D eigenvalue weighted by Gasteiger charge is 2.35. The van der Waals surface area contributed by atoms with Crippen LogP contribution < -0.4 is 19.8 Å². The highest BCUT2D eigenvalue weighted by molar-refractivity contribution is 6.00. The number of ether oxygens (including phenoxy) is 2. The zero-order valence-electron chi connectivity index (χ0n) is 16.6. The largest absolute Gasteiger partial charge is 0.494 e. The number of rotatable bonds is 8. The van der Waals surface area contributed by atoms with Gasteiger partial charge in [-0.05, 0) is 67.9 Å². The summed E-state index contributed by atoms with van der Waals surface area (Å²) in [4.78, 5) is 26.4. The number of nitrogens with one attached hydrogen (secondary N) is 1. The molecule has 3 rings (SSSR count). The van der Waals surface area contributed by atoms with Gasteiger partial charge in [-0.25, -0.2) is 5.43 Å². The molecule has 1 aliphatic heterocycles. The van der Waals surface area contributed by atoms with Crippen LogP contribution in [0.5, 0.6) is 11.5 Å². The van der Waals surface area contributed by atoms with Gasteiger partial charge in [0.1, 0.15) is 11.5 Å². The molecule has 2 amide bonds. The average Bonchev–Trinajstić information content (AvgIpc) is 3.12. The SMILES string of the molecule is CCOc1ccc(/C=N\NC(=O)[C@H]2CC(=O)N(c3ccc(OCC)cc3)C2)cc1. The first-order valence-electron chi connectivity index (χ1n) is 9.69. The van der Waals surface area contributed by atoms with Gasteiger partial charge in [-0.3, -0.25) is 9.59 Å². The van der Waals surface area contributed by atoms with Crippen LogP contribution in [0.4, 0.5) is 5.69 Å². The molecule has 1 saturated heterocycles. The van der Waals surface area contributed by atoms with Crippen molar-refractivity contribution < 1.29 is 19.1 Å². The van der Waals surface area contributed by atoms with Crippen molar-refractivity contribution in [2.75, 3.05) is 24.7 Å². The maximum Gasteiger partial charge on any atom is 0.245 e. The number of amides is 2. The maximum absolute atomic E-state index is 12.4. The number of hydrogen-bond donors (Lipinski definition) is 1. The van der Waals surface area contributed by atoms with Gasteiger partial charge in [0.25, 0.3) is 0 Å². The van der Waals surface area contributed by atoms with E-state index in [-0.39, 0.29) is 18.2 Å². The van der Waals surface area contributed by atoms with Crippen molar-refractivity contribution in [2.45, 2.75) is 20.3 Å². The summed E-state index contributed by atoms with van der Waals surface area (Å²) < 4.78 is 10.8. The second kappa shape index (κ2) is 9.73. The number of hydrogen-bond acceptors (Lipinski definition) is 5. The van der Waals surface area contributed by atoms with Crippen molar-refractivity contribution in [2.24, 2.45) is 11.0 Å². The van der Waals surface area contributed by atoms with Crippen molar-refractivity contribution in [3.63, 3.8) is 0 Å².